The molecule has 3 rings (SSSR count). The first-order valence-electron chi connectivity index (χ1n) is 7.74. The van der Waals surface area contributed by atoms with Gasteiger partial charge in [-0.15, -0.1) is 0 Å². The second kappa shape index (κ2) is 6.73. The molecule has 1 fully saturated rings. The van der Waals surface area contributed by atoms with Crippen LogP contribution in [0.1, 0.15) is 36.9 Å². The molecule has 1 amide bonds. The minimum absolute atomic E-state index is 0.0216. The van der Waals surface area contributed by atoms with E-state index in [1.54, 1.807) is 0 Å². The number of halogens is 2. The molecule has 1 aliphatic rings. The number of hydrogen-bond donors (Lipinski definition) is 1. The van der Waals surface area contributed by atoms with E-state index in [0.29, 0.717) is 19.0 Å². The number of aromatic nitrogens is 2. The van der Waals surface area contributed by atoms with Crippen LogP contribution in [-0.2, 0) is 4.79 Å². The molecule has 7 heteroatoms. The van der Waals surface area contributed by atoms with Gasteiger partial charge in [-0.25, -0.2) is 9.37 Å². The summed E-state index contributed by atoms with van der Waals surface area (Å²) in [5.74, 6) is 0.0643. The molecule has 1 aromatic carbocycles. The van der Waals surface area contributed by atoms with Gasteiger partial charge in [0, 0.05) is 25.9 Å². The molecule has 0 bridgehead atoms. The maximum Gasteiger partial charge on any atom is 0.224 e. The van der Waals surface area contributed by atoms with Crippen molar-refractivity contribution in [3.8, 4) is 0 Å². The molecular formula is C17H18ClFN4O. The van der Waals surface area contributed by atoms with Gasteiger partial charge in [0.2, 0.25) is 11.2 Å². The number of hydrogen-bond acceptors (Lipinski definition) is 4. The van der Waals surface area contributed by atoms with Crippen molar-refractivity contribution in [2.24, 2.45) is 0 Å². The van der Waals surface area contributed by atoms with Gasteiger partial charge in [-0.05, 0) is 29.7 Å². The maximum atomic E-state index is 13.8. The lowest BCUT2D eigenvalue weighted by molar-refractivity contribution is -0.119. The fraction of sp³-hybridized carbons (Fsp3) is 0.353. The van der Waals surface area contributed by atoms with Crippen LogP contribution in [0.2, 0.25) is 5.28 Å². The van der Waals surface area contributed by atoms with Gasteiger partial charge in [0.05, 0.1) is 12.2 Å². The largest absolute Gasteiger partial charge is 0.353 e. The molecule has 0 spiro atoms. The van der Waals surface area contributed by atoms with Gasteiger partial charge < -0.3 is 10.2 Å². The summed E-state index contributed by atoms with van der Waals surface area (Å²) in [5.41, 5.74) is 2.24. The van der Waals surface area contributed by atoms with E-state index in [0.717, 1.165) is 11.8 Å². The van der Waals surface area contributed by atoms with Gasteiger partial charge >= 0.3 is 0 Å². The van der Waals surface area contributed by atoms with Crippen LogP contribution >= 0.6 is 11.6 Å². The van der Waals surface area contributed by atoms with E-state index in [1.807, 2.05) is 24.0 Å². The van der Waals surface area contributed by atoms with Crippen LogP contribution in [-0.4, -0.2) is 29.0 Å². The Morgan fingerprint density at radius 1 is 1.38 bits per heavy atom. The van der Waals surface area contributed by atoms with Crippen LogP contribution in [0.3, 0.4) is 0 Å². The van der Waals surface area contributed by atoms with E-state index in [9.17, 15) is 9.18 Å². The highest BCUT2D eigenvalue weighted by atomic mass is 35.5. The molecule has 24 heavy (non-hydrogen) atoms. The Morgan fingerprint density at radius 2 is 2.04 bits per heavy atom. The molecule has 126 valence electrons. The molecule has 1 saturated heterocycles. The molecule has 1 aliphatic heterocycles. The first-order valence-corrected chi connectivity index (χ1v) is 8.12. The fourth-order valence-electron chi connectivity index (χ4n) is 2.87. The molecule has 2 heterocycles. The summed E-state index contributed by atoms with van der Waals surface area (Å²) in [6, 6.07) is 8.12. The lowest BCUT2D eigenvalue weighted by atomic mass is 9.90. The summed E-state index contributed by atoms with van der Waals surface area (Å²) in [6.45, 7) is 4.82. The predicted molar refractivity (Wildman–Crippen MR) is 90.6 cm³/mol. The highest BCUT2D eigenvalue weighted by molar-refractivity contribution is 6.28. The van der Waals surface area contributed by atoms with Crippen LogP contribution in [0.4, 0.5) is 10.2 Å². The Kier molecular flexibility index (Phi) is 4.66. The Bertz CT molecular complexity index is 747. The number of nitrogens with zero attached hydrogens (tertiary/aromatic N) is 3. The molecule has 1 unspecified atom stereocenters. The molecule has 1 N–H and O–H groups in total. The van der Waals surface area contributed by atoms with Crippen molar-refractivity contribution >= 4 is 23.3 Å². The number of rotatable bonds is 4. The van der Waals surface area contributed by atoms with E-state index in [2.05, 4.69) is 27.4 Å². The van der Waals surface area contributed by atoms with Crippen molar-refractivity contribution in [1.82, 2.24) is 15.3 Å². The van der Waals surface area contributed by atoms with Gasteiger partial charge in [-0.3, -0.25) is 4.79 Å². The third-order valence-corrected chi connectivity index (χ3v) is 4.39. The topological polar surface area (TPSA) is 58.1 Å². The van der Waals surface area contributed by atoms with Crippen LogP contribution in [0.15, 0.2) is 30.5 Å². The lowest BCUT2D eigenvalue weighted by Gasteiger charge is -2.40. The second-order valence-corrected chi connectivity index (χ2v) is 6.34. The number of carbonyl (C=O) groups is 1. The minimum Gasteiger partial charge on any atom is -0.353 e. The summed E-state index contributed by atoms with van der Waals surface area (Å²) in [7, 11) is 0. The first kappa shape index (κ1) is 16.6. The summed E-state index contributed by atoms with van der Waals surface area (Å²) in [6.07, 6.45) is 1.09. The highest BCUT2D eigenvalue weighted by Crippen LogP contribution is 2.32. The zero-order valence-corrected chi connectivity index (χ0v) is 14.2. The van der Waals surface area contributed by atoms with Gasteiger partial charge in [0.25, 0.3) is 0 Å². The Balaban J connectivity index is 1.63. The molecule has 5 nitrogen and oxygen atoms in total. The van der Waals surface area contributed by atoms with Gasteiger partial charge in [-0.1, -0.05) is 24.3 Å². The number of benzene rings is 1. The third-order valence-electron chi connectivity index (χ3n) is 4.20. The van der Waals surface area contributed by atoms with E-state index in [-0.39, 0.29) is 23.1 Å². The predicted octanol–water partition coefficient (Wildman–Crippen LogP) is 3.07. The quantitative estimate of drug-likeness (QED) is 0.863. The van der Waals surface area contributed by atoms with E-state index < -0.39 is 5.82 Å². The van der Waals surface area contributed by atoms with Gasteiger partial charge in [-0.2, -0.15) is 4.98 Å². The summed E-state index contributed by atoms with van der Waals surface area (Å²) >= 11 is 5.73. The van der Waals surface area contributed by atoms with Crippen molar-refractivity contribution in [2.45, 2.75) is 25.8 Å². The van der Waals surface area contributed by atoms with Crippen molar-refractivity contribution in [1.29, 1.82) is 0 Å². The monoisotopic (exact) mass is 348 g/mol. The Labute approximate surface area is 144 Å². The van der Waals surface area contributed by atoms with Crippen LogP contribution in [0.5, 0.6) is 0 Å². The van der Waals surface area contributed by atoms with E-state index in [1.165, 1.54) is 12.5 Å². The summed E-state index contributed by atoms with van der Waals surface area (Å²) < 4.78 is 13.8. The normalized spacial score (nSPS) is 15.8. The Morgan fingerprint density at radius 3 is 2.67 bits per heavy atom. The van der Waals surface area contributed by atoms with Crippen LogP contribution in [0, 0.1) is 5.82 Å². The highest BCUT2D eigenvalue weighted by Gasteiger charge is 2.31. The maximum absolute atomic E-state index is 13.8. The second-order valence-electron chi connectivity index (χ2n) is 6.00. The SMILES string of the molecule is CC(=O)NC(C)c1ccc(C2CN(c3nc(Cl)ncc3F)C2)cc1. The molecule has 1 aromatic heterocycles. The Hall–Kier alpha value is -2.21. The molecule has 0 saturated carbocycles. The van der Waals surface area contributed by atoms with Crippen LogP contribution in [0.25, 0.3) is 0 Å². The van der Waals surface area contributed by atoms with Crippen molar-refractivity contribution in [3.05, 3.63) is 52.7 Å². The first-order chi connectivity index (χ1) is 11.4. The van der Waals surface area contributed by atoms with E-state index >= 15 is 0 Å². The number of amides is 1. The number of carbonyl (C=O) groups excluding carboxylic acids is 1. The molecule has 2 aromatic rings. The zero-order valence-electron chi connectivity index (χ0n) is 13.5. The molecule has 1 atom stereocenters. The van der Waals surface area contributed by atoms with E-state index in [4.69, 9.17) is 11.6 Å². The van der Waals surface area contributed by atoms with Gasteiger partial charge in [0.1, 0.15) is 0 Å². The van der Waals surface area contributed by atoms with Gasteiger partial charge in [0.15, 0.2) is 11.6 Å². The summed E-state index contributed by atoms with van der Waals surface area (Å²) in [5, 5.41) is 2.91. The smallest absolute Gasteiger partial charge is 0.224 e. The van der Waals surface area contributed by atoms with Crippen molar-refractivity contribution in [2.75, 3.05) is 18.0 Å². The number of anilines is 1. The van der Waals surface area contributed by atoms with Crippen molar-refractivity contribution in [3.63, 3.8) is 0 Å². The average Bonchev–Trinajstić information content (AvgIpc) is 2.49. The molecular weight excluding hydrogens is 331 g/mol. The molecule has 0 radical (unpaired) electrons. The molecule has 0 aliphatic carbocycles. The standard InChI is InChI=1S/C17H18ClFN4O/c1-10(21-11(2)24)12-3-5-13(6-4-12)14-8-23(9-14)16-15(19)7-20-17(18)22-16/h3-7,10,14H,8-9H2,1-2H3,(H,21,24). The zero-order chi connectivity index (χ0) is 17.3. The average molecular weight is 349 g/mol. The number of nitrogens with one attached hydrogen (secondary N) is 1. The fourth-order valence-corrected chi connectivity index (χ4v) is 3.00. The van der Waals surface area contributed by atoms with Crippen LogP contribution < -0.4 is 10.2 Å². The lowest BCUT2D eigenvalue weighted by Crippen LogP contribution is -2.46. The van der Waals surface area contributed by atoms with Crippen molar-refractivity contribution < 1.29 is 9.18 Å². The minimum atomic E-state index is -0.461. The summed E-state index contributed by atoms with van der Waals surface area (Å²) in [4.78, 5) is 20.5. The third kappa shape index (κ3) is 3.48.